The summed E-state index contributed by atoms with van der Waals surface area (Å²) >= 11 is 1.75. The molecule has 0 saturated heterocycles. The fourth-order valence-electron chi connectivity index (χ4n) is 1.18. The van der Waals surface area contributed by atoms with Crippen LogP contribution in [0.1, 0.15) is 0 Å². The highest BCUT2D eigenvalue weighted by Crippen LogP contribution is 2.17. The molecule has 0 spiro atoms. The number of aromatic nitrogens is 2. The van der Waals surface area contributed by atoms with Gasteiger partial charge in [-0.15, -0.1) is 0 Å². The first-order valence-corrected chi connectivity index (χ1v) is 5.30. The highest BCUT2D eigenvalue weighted by Gasteiger charge is 2.08. The Balaban J connectivity index is 2.61. The number of rotatable bonds is 1. The molecule has 0 saturated carbocycles. The SMILES string of the molecule is O=c1[nH]c(-c2ccccc2)nc(O)c1I. The highest BCUT2D eigenvalue weighted by molar-refractivity contribution is 14.1. The summed E-state index contributed by atoms with van der Waals surface area (Å²) in [5.74, 6) is 0.136. The maximum absolute atomic E-state index is 11.4. The summed E-state index contributed by atoms with van der Waals surface area (Å²) in [7, 11) is 0. The van der Waals surface area contributed by atoms with Gasteiger partial charge in [0, 0.05) is 5.56 Å². The third kappa shape index (κ3) is 2.01. The fourth-order valence-corrected chi connectivity index (χ4v) is 1.44. The molecule has 1 heterocycles. The fraction of sp³-hybridized carbons (Fsp3) is 0. The summed E-state index contributed by atoms with van der Waals surface area (Å²) in [4.78, 5) is 17.9. The van der Waals surface area contributed by atoms with E-state index in [0.29, 0.717) is 5.82 Å². The van der Waals surface area contributed by atoms with Crippen LogP contribution in [0.2, 0.25) is 0 Å². The zero-order valence-electron chi connectivity index (χ0n) is 7.57. The smallest absolute Gasteiger partial charge is 0.268 e. The average Bonchev–Trinajstić information content (AvgIpc) is 2.26. The van der Waals surface area contributed by atoms with Crippen LogP contribution in [0.4, 0.5) is 0 Å². The van der Waals surface area contributed by atoms with Gasteiger partial charge in [-0.25, -0.2) is 0 Å². The second-order valence-electron chi connectivity index (χ2n) is 2.92. The molecule has 76 valence electrons. The van der Waals surface area contributed by atoms with Gasteiger partial charge in [0.05, 0.1) is 0 Å². The minimum Gasteiger partial charge on any atom is -0.492 e. The monoisotopic (exact) mass is 314 g/mol. The second kappa shape index (κ2) is 4.01. The number of aromatic amines is 1. The Morgan fingerprint density at radius 2 is 1.93 bits per heavy atom. The quantitative estimate of drug-likeness (QED) is 0.788. The lowest BCUT2D eigenvalue weighted by molar-refractivity contribution is 0.447. The summed E-state index contributed by atoms with van der Waals surface area (Å²) in [6, 6.07) is 9.16. The normalized spacial score (nSPS) is 10.2. The van der Waals surface area contributed by atoms with E-state index >= 15 is 0 Å². The van der Waals surface area contributed by atoms with Crippen molar-refractivity contribution < 1.29 is 5.11 Å². The van der Waals surface area contributed by atoms with E-state index in [4.69, 9.17) is 0 Å². The first-order valence-electron chi connectivity index (χ1n) is 4.22. The summed E-state index contributed by atoms with van der Waals surface area (Å²) in [6.07, 6.45) is 0. The maximum atomic E-state index is 11.4. The molecule has 5 heteroatoms. The molecule has 0 unspecified atom stereocenters. The molecule has 4 nitrogen and oxygen atoms in total. The van der Waals surface area contributed by atoms with Crippen LogP contribution in [0, 0.1) is 3.57 Å². The molecule has 2 aromatic rings. The molecule has 2 rings (SSSR count). The number of aromatic hydroxyl groups is 1. The molecular formula is C10H7IN2O2. The van der Waals surface area contributed by atoms with E-state index in [-0.39, 0.29) is 15.0 Å². The summed E-state index contributed by atoms with van der Waals surface area (Å²) < 4.78 is 0.201. The maximum Gasteiger partial charge on any atom is 0.268 e. The second-order valence-corrected chi connectivity index (χ2v) is 4.00. The highest BCUT2D eigenvalue weighted by atomic mass is 127. The van der Waals surface area contributed by atoms with Crippen LogP contribution in [0.5, 0.6) is 5.88 Å². The summed E-state index contributed by atoms with van der Waals surface area (Å²) in [6.45, 7) is 0. The number of benzene rings is 1. The number of hydrogen-bond donors (Lipinski definition) is 2. The third-order valence-corrected chi connectivity index (χ3v) is 2.86. The molecule has 1 aromatic heterocycles. The van der Waals surface area contributed by atoms with E-state index in [1.807, 2.05) is 30.3 Å². The number of halogens is 1. The van der Waals surface area contributed by atoms with Crippen molar-refractivity contribution in [1.29, 1.82) is 0 Å². The van der Waals surface area contributed by atoms with Crippen LogP contribution in [-0.4, -0.2) is 15.1 Å². The molecule has 0 atom stereocenters. The van der Waals surface area contributed by atoms with E-state index in [9.17, 15) is 9.90 Å². The predicted molar refractivity (Wildman–Crippen MR) is 64.7 cm³/mol. The molecular weight excluding hydrogens is 307 g/mol. The minimum absolute atomic E-state index is 0.201. The molecule has 0 amide bonds. The van der Waals surface area contributed by atoms with Crippen molar-refractivity contribution in [3.05, 3.63) is 44.3 Å². The molecule has 2 N–H and O–H groups in total. The third-order valence-electron chi connectivity index (χ3n) is 1.89. The molecule has 0 aliphatic rings. The Hall–Kier alpha value is -1.37. The molecule has 0 bridgehead atoms. The van der Waals surface area contributed by atoms with Crippen LogP contribution in [0.25, 0.3) is 11.4 Å². The molecule has 0 aliphatic carbocycles. The Morgan fingerprint density at radius 1 is 1.27 bits per heavy atom. The van der Waals surface area contributed by atoms with Crippen LogP contribution in [0.15, 0.2) is 35.1 Å². The molecule has 0 aliphatic heterocycles. The molecule has 0 radical (unpaired) electrons. The molecule has 0 fully saturated rings. The van der Waals surface area contributed by atoms with Gasteiger partial charge in [-0.2, -0.15) is 4.98 Å². The number of hydrogen-bond acceptors (Lipinski definition) is 3. The topological polar surface area (TPSA) is 66.0 Å². The Kier molecular flexibility index (Phi) is 2.72. The van der Waals surface area contributed by atoms with E-state index in [1.54, 1.807) is 22.6 Å². The van der Waals surface area contributed by atoms with Crippen LogP contribution < -0.4 is 5.56 Å². The van der Waals surface area contributed by atoms with Crippen LogP contribution in [0.3, 0.4) is 0 Å². The van der Waals surface area contributed by atoms with Crippen molar-refractivity contribution in [1.82, 2.24) is 9.97 Å². The zero-order valence-corrected chi connectivity index (χ0v) is 9.72. The van der Waals surface area contributed by atoms with Crippen molar-refractivity contribution in [2.75, 3.05) is 0 Å². The number of nitrogens with zero attached hydrogens (tertiary/aromatic N) is 1. The van der Waals surface area contributed by atoms with Gasteiger partial charge in [0.2, 0.25) is 5.88 Å². The van der Waals surface area contributed by atoms with Crippen LogP contribution in [-0.2, 0) is 0 Å². The van der Waals surface area contributed by atoms with Gasteiger partial charge in [0.25, 0.3) is 5.56 Å². The standard InChI is InChI=1S/C10H7IN2O2/c11-7-9(14)12-8(13-10(7)15)6-4-2-1-3-5-6/h1-5H,(H2,12,13,14,15). The van der Waals surface area contributed by atoms with E-state index < -0.39 is 0 Å². The van der Waals surface area contributed by atoms with Crippen molar-refractivity contribution in [3.8, 4) is 17.3 Å². The van der Waals surface area contributed by atoms with Gasteiger partial charge < -0.3 is 10.1 Å². The van der Waals surface area contributed by atoms with E-state index in [1.165, 1.54) is 0 Å². The number of H-pyrrole nitrogens is 1. The Bertz CT molecular complexity index is 537. The van der Waals surface area contributed by atoms with Gasteiger partial charge >= 0.3 is 0 Å². The molecule has 15 heavy (non-hydrogen) atoms. The Labute approximate surface area is 99.1 Å². The minimum atomic E-state index is -0.332. The predicted octanol–water partition coefficient (Wildman–Crippen LogP) is 1.75. The summed E-state index contributed by atoms with van der Waals surface area (Å²) in [5.41, 5.74) is 0.434. The van der Waals surface area contributed by atoms with Crippen molar-refractivity contribution in [3.63, 3.8) is 0 Å². The van der Waals surface area contributed by atoms with Crippen molar-refractivity contribution in [2.24, 2.45) is 0 Å². The van der Waals surface area contributed by atoms with Gasteiger partial charge in [0.1, 0.15) is 9.39 Å². The lowest BCUT2D eigenvalue weighted by atomic mass is 10.2. The zero-order chi connectivity index (χ0) is 10.8. The molecule has 1 aromatic carbocycles. The number of nitrogens with one attached hydrogen (secondary N) is 1. The van der Waals surface area contributed by atoms with Gasteiger partial charge in [-0.3, -0.25) is 4.79 Å². The van der Waals surface area contributed by atoms with Gasteiger partial charge in [-0.1, -0.05) is 30.3 Å². The van der Waals surface area contributed by atoms with Crippen LogP contribution >= 0.6 is 22.6 Å². The Morgan fingerprint density at radius 3 is 2.53 bits per heavy atom. The summed E-state index contributed by atoms with van der Waals surface area (Å²) in [5, 5.41) is 9.40. The van der Waals surface area contributed by atoms with E-state index in [0.717, 1.165) is 5.56 Å². The lowest BCUT2D eigenvalue weighted by Crippen LogP contribution is -2.12. The van der Waals surface area contributed by atoms with Crippen molar-refractivity contribution >= 4 is 22.6 Å². The van der Waals surface area contributed by atoms with E-state index in [2.05, 4.69) is 9.97 Å². The first-order chi connectivity index (χ1) is 7.18. The lowest BCUT2D eigenvalue weighted by Gasteiger charge is -2.01. The van der Waals surface area contributed by atoms with Gasteiger partial charge in [0.15, 0.2) is 0 Å². The van der Waals surface area contributed by atoms with Crippen molar-refractivity contribution in [2.45, 2.75) is 0 Å². The van der Waals surface area contributed by atoms with Gasteiger partial charge in [-0.05, 0) is 22.6 Å². The first kappa shape index (κ1) is 10.2. The largest absolute Gasteiger partial charge is 0.492 e. The average molecular weight is 314 g/mol.